The number of rotatable bonds is 17. The van der Waals surface area contributed by atoms with Crippen LogP contribution in [0, 0.1) is 0 Å². The number of hydrogen-bond acceptors (Lipinski definition) is 4. The van der Waals surface area contributed by atoms with Crippen molar-refractivity contribution >= 4 is 24.1 Å². The van der Waals surface area contributed by atoms with E-state index in [9.17, 15) is 9.59 Å². The Kier molecular flexibility index (Phi) is 13.9. The second-order valence-corrected chi connectivity index (χ2v) is 9.38. The second kappa shape index (κ2) is 17.3. The number of benzene rings is 2. The standard InChI is InChI=1S/C31H42NO4/c1-3-4-5-6-7-14-23-32(2,24-26-35-30(33)21-19-28-15-10-8-11-16-28)25-27-36-31(34)22-20-29-17-12-9-13-18-29/h8-13,15-22H,3-7,14,23-27H2,1-2H3/q+1/b21-19+,22-20+. The number of ether oxygens (including phenoxy) is 2. The summed E-state index contributed by atoms with van der Waals surface area (Å²) < 4.78 is 11.6. The molecule has 194 valence electrons. The molecule has 2 aromatic rings. The number of carbonyl (C=O) groups is 2. The van der Waals surface area contributed by atoms with Crippen LogP contribution in [-0.4, -0.2) is 56.3 Å². The molecule has 2 aromatic carbocycles. The van der Waals surface area contributed by atoms with Crippen LogP contribution in [0.15, 0.2) is 72.8 Å². The van der Waals surface area contributed by atoms with Crippen molar-refractivity contribution in [1.82, 2.24) is 0 Å². The van der Waals surface area contributed by atoms with E-state index < -0.39 is 0 Å². The molecule has 0 heterocycles. The number of quaternary nitrogens is 1. The summed E-state index contributed by atoms with van der Waals surface area (Å²) >= 11 is 0. The Morgan fingerprint density at radius 1 is 0.667 bits per heavy atom. The quantitative estimate of drug-likeness (QED) is 0.112. The van der Waals surface area contributed by atoms with Gasteiger partial charge < -0.3 is 14.0 Å². The molecule has 0 saturated carbocycles. The fourth-order valence-corrected chi connectivity index (χ4v) is 3.90. The summed E-state index contributed by atoms with van der Waals surface area (Å²) in [6, 6.07) is 19.4. The molecule has 0 fully saturated rings. The van der Waals surface area contributed by atoms with E-state index in [1.165, 1.54) is 44.3 Å². The van der Waals surface area contributed by atoms with E-state index in [2.05, 4.69) is 14.0 Å². The van der Waals surface area contributed by atoms with E-state index in [0.717, 1.165) is 24.1 Å². The van der Waals surface area contributed by atoms with Crippen LogP contribution >= 0.6 is 0 Å². The van der Waals surface area contributed by atoms with Gasteiger partial charge in [-0.3, -0.25) is 0 Å². The zero-order valence-corrected chi connectivity index (χ0v) is 21.9. The number of esters is 2. The molecule has 0 aromatic heterocycles. The summed E-state index contributed by atoms with van der Waals surface area (Å²) in [4.78, 5) is 24.3. The van der Waals surface area contributed by atoms with Crippen molar-refractivity contribution in [3.63, 3.8) is 0 Å². The van der Waals surface area contributed by atoms with E-state index in [1.807, 2.05) is 60.7 Å². The topological polar surface area (TPSA) is 52.6 Å². The van der Waals surface area contributed by atoms with E-state index in [-0.39, 0.29) is 11.9 Å². The fraction of sp³-hybridized carbons (Fsp3) is 0.419. The van der Waals surface area contributed by atoms with Gasteiger partial charge in [-0.2, -0.15) is 0 Å². The van der Waals surface area contributed by atoms with Crippen molar-refractivity contribution in [3.8, 4) is 0 Å². The molecule has 5 nitrogen and oxygen atoms in total. The zero-order chi connectivity index (χ0) is 25.9. The zero-order valence-electron chi connectivity index (χ0n) is 21.9. The summed E-state index contributed by atoms with van der Waals surface area (Å²) in [5.41, 5.74) is 1.92. The minimum atomic E-state index is -0.345. The molecule has 0 saturated heterocycles. The van der Waals surface area contributed by atoms with Crippen LogP contribution < -0.4 is 0 Å². The lowest BCUT2D eigenvalue weighted by Gasteiger charge is -2.34. The van der Waals surface area contributed by atoms with E-state index in [1.54, 1.807) is 12.2 Å². The lowest BCUT2D eigenvalue weighted by Crippen LogP contribution is -2.49. The largest absolute Gasteiger partial charge is 0.457 e. The Morgan fingerprint density at radius 3 is 1.58 bits per heavy atom. The molecule has 0 unspecified atom stereocenters. The average molecular weight is 493 g/mol. The Balaban J connectivity index is 1.81. The Hall–Kier alpha value is -3.18. The lowest BCUT2D eigenvalue weighted by molar-refractivity contribution is -0.910. The molecule has 0 spiro atoms. The molecule has 0 aliphatic rings. The molecule has 0 radical (unpaired) electrons. The van der Waals surface area contributed by atoms with Crippen molar-refractivity contribution in [2.24, 2.45) is 0 Å². The molecule has 36 heavy (non-hydrogen) atoms. The van der Waals surface area contributed by atoms with E-state index >= 15 is 0 Å². The lowest BCUT2D eigenvalue weighted by atomic mass is 10.1. The maximum atomic E-state index is 12.2. The maximum absolute atomic E-state index is 12.2. The van der Waals surface area contributed by atoms with Gasteiger partial charge in [0.05, 0.1) is 13.6 Å². The van der Waals surface area contributed by atoms with Crippen LogP contribution in [0.1, 0.15) is 56.6 Å². The highest BCUT2D eigenvalue weighted by molar-refractivity contribution is 5.87. The first kappa shape index (κ1) is 29.1. The molecule has 0 N–H and O–H groups in total. The predicted molar refractivity (Wildman–Crippen MR) is 147 cm³/mol. The minimum Gasteiger partial charge on any atom is -0.457 e. The summed E-state index contributed by atoms with van der Waals surface area (Å²) in [6.45, 7) is 5.19. The van der Waals surface area contributed by atoms with Crippen LogP contribution in [0.3, 0.4) is 0 Å². The van der Waals surface area contributed by atoms with Crippen molar-refractivity contribution in [1.29, 1.82) is 0 Å². The third-order valence-corrected chi connectivity index (χ3v) is 6.23. The van der Waals surface area contributed by atoms with Gasteiger partial charge >= 0.3 is 11.9 Å². The Morgan fingerprint density at radius 2 is 1.11 bits per heavy atom. The Labute approximate surface area is 217 Å². The highest BCUT2D eigenvalue weighted by Crippen LogP contribution is 2.11. The molecular formula is C31H42NO4+. The maximum Gasteiger partial charge on any atom is 0.330 e. The first-order chi connectivity index (χ1) is 17.5. The van der Waals surface area contributed by atoms with Gasteiger partial charge in [-0.1, -0.05) is 93.3 Å². The van der Waals surface area contributed by atoms with Gasteiger partial charge in [-0.25, -0.2) is 9.59 Å². The van der Waals surface area contributed by atoms with Crippen LogP contribution in [0.2, 0.25) is 0 Å². The van der Waals surface area contributed by atoms with Crippen LogP contribution in [0.25, 0.3) is 12.2 Å². The van der Waals surface area contributed by atoms with Gasteiger partial charge in [-0.15, -0.1) is 0 Å². The summed E-state index contributed by atoms with van der Waals surface area (Å²) in [5, 5.41) is 0. The van der Waals surface area contributed by atoms with Crippen LogP contribution in [-0.2, 0) is 19.1 Å². The molecular weight excluding hydrogens is 450 g/mol. The van der Waals surface area contributed by atoms with Crippen molar-refractivity contribution < 1.29 is 23.5 Å². The second-order valence-electron chi connectivity index (χ2n) is 9.38. The van der Waals surface area contributed by atoms with Gasteiger partial charge in [0.2, 0.25) is 0 Å². The number of hydrogen-bond donors (Lipinski definition) is 0. The predicted octanol–water partition coefficient (Wildman–Crippen LogP) is 6.31. The Bertz CT molecular complexity index is 870. The van der Waals surface area contributed by atoms with Gasteiger partial charge in [0.25, 0.3) is 0 Å². The first-order valence-corrected chi connectivity index (χ1v) is 13.1. The minimum absolute atomic E-state index is 0.326. The summed E-state index contributed by atoms with van der Waals surface area (Å²) in [7, 11) is 2.15. The number of nitrogens with zero attached hydrogens (tertiary/aromatic N) is 1. The monoisotopic (exact) mass is 492 g/mol. The summed E-state index contributed by atoms with van der Waals surface area (Å²) in [5.74, 6) is -0.690. The van der Waals surface area contributed by atoms with E-state index in [0.29, 0.717) is 30.8 Å². The third-order valence-electron chi connectivity index (χ3n) is 6.23. The molecule has 0 atom stereocenters. The van der Waals surface area contributed by atoms with Crippen LogP contribution in [0.4, 0.5) is 0 Å². The van der Waals surface area contributed by atoms with Gasteiger partial charge in [-0.05, 0) is 36.1 Å². The fourth-order valence-electron chi connectivity index (χ4n) is 3.90. The van der Waals surface area contributed by atoms with Crippen LogP contribution in [0.5, 0.6) is 0 Å². The number of carbonyl (C=O) groups excluding carboxylic acids is 2. The molecule has 5 heteroatoms. The van der Waals surface area contributed by atoms with Crippen molar-refractivity contribution in [2.45, 2.75) is 45.4 Å². The van der Waals surface area contributed by atoms with Gasteiger partial charge in [0.15, 0.2) is 0 Å². The SMILES string of the molecule is CCCCCCCC[N+](C)(CCOC(=O)/C=C/c1ccccc1)CCOC(=O)/C=C/c1ccccc1. The average Bonchev–Trinajstić information content (AvgIpc) is 2.89. The molecule has 2 rings (SSSR count). The number of unbranched alkanes of at least 4 members (excludes halogenated alkanes) is 5. The van der Waals surface area contributed by atoms with Gasteiger partial charge in [0, 0.05) is 12.2 Å². The normalized spacial score (nSPS) is 11.7. The highest BCUT2D eigenvalue weighted by Gasteiger charge is 2.22. The third kappa shape index (κ3) is 13.1. The molecule has 0 bridgehead atoms. The number of likely N-dealkylation sites (N-methyl/N-ethyl adjacent to an activating group) is 1. The molecule has 0 aliphatic carbocycles. The highest BCUT2D eigenvalue weighted by atomic mass is 16.5. The summed E-state index contributed by atoms with van der Waals surface area (Å²) in [6.07, 6.45) is 13.8. The molecule has 0 amide bonds. The van der Waals surface area contributed by atoms with Crippen molar-refractivity contribution in [2.75, 3.05) is 39.9 Å². The smallest absolute Gasteiger partial charge is 0.330 e. The first-order valence-electron chi connectivity index (χ1n) is 13.1. The van der Waals surface area contributed by atoms with Crippen molar-refractivity contribution in [3.05, 3.63) is 83.9 Å². The molecule has 0 aliphatic heterocycles. The van der Waals surface area contributed by atoms with Gasteiger partial charge in [0.1, 0.15) is 26.3 Å². The van der Waals surface area contributed by atoms with E-state index in [4.69, 9.17) is 9.47 Å².